The normalized spacial score (nSPS) is 19.9. The SMILES string of the molecule is COc1cccc(C(C)(O)CC2CCC2)c1. The van der Waals surface area contributed by atoms with E-state index in [1.165, 1.54) is 19.3 Å². The number of methoxy groups -OCH3 is 1. The molecule has 1 saturated carbocycles. The molecular weight excluding hydrogens is 200 g/mol. The maximum Gasteiger partial charge on any atom is 0.119 e. The highest BCUT2D eigenvalue weighted by Gasteiger charge is 2.30. The predicted molar refractivity (Wildman–Crippen MR) is 64.5 cm³/mol. The Bertz CT molecular complexity index is 354. The van der Waals surface area contributed by atoms with Crippen molar-refractivity contribution in [2.24, 2.45) is 5.92 Å². The van der Waals surface area contributed by atoms with E-state index in [2.05, 4.69) is 0 Å². The van der Waals surface area contributed by atoms with Crippen LogP contribution in [0.1, 0.15) is 38.2 Å². The summed E-state index contributed by atoms with van der Waals surface area (Å²) in [6.07, 6.45) is 4.71. The van der Waals surface area contributed by atoms with Gasteiger partial charge in [0.15, 0.2) is 0 Å². The summed E-state index contributed by atoms with van der Waals surface area (Å²) >= 11 is 0. The molecule has 88 valence electrons. The van der Waals surface area contributed by atoms with Gasteiger partial charge in [0, 0.05) is 0 Å². The molecule has 1 N–H and O–H groups in total. The van der Waals surface area contributed by atoms with Crippen molar-refractivity contribution in [2.45, 2.75) is 38.2 Å². The van der Waals surface area contributed by atoms with Crippen LogP contribution in [0.15, 0.2) is 24.3 Å². The van der Waals surface area contributed by atoms with E-state index in [1.807, 2.05) is 31.2 Å². The Morgan fingerprint density at radius 1 is 1.44 bits per heavy atom. The summed E-state index contributed by atoms with van der Waals surface area (Å²) in [5.74, 6) is 1.51. The summed E-state index contributed by atoms with van der Waals surface area (Å²) in [7, 11) is 1.65. The lowest BCUT2D eigenvalue weighted by molar-refractivity contribution is 0.0160. The third-order valence-electron chi connectivity index (χ3n) is 3.60. The largest absolute Gasteiger partial charge is 0.497 e. The molecule has 0 saturated heterocycles. The van der Waals surface area contributed by atoms with Crippen molar-refractivity contribution in [1.29, 1.82) is 0 Å². The number of ether oxygens (including phenoxy) is 1. The Kier molecular flexibility index (Phi) is 3.20. The average molecular weight is 220 g/mol. The second-order valence-corrected chi connectivity index (χ2v) is 5.01. The zero-order chi connectivity index (χ0) is 11.6. The van der Waals surface area contributed by atoms with Gasteiger partial charge in [-0.05, 0) is 37.0 Å². The molecule has 1 aliphatic carbocycles. The summed E-state index contributed by atoms with van der Waals surface area (Å²) < 4.78 is 5.18. The highest BCUT2D eigenvalue weighted by molar-refractivity contribution is 5.32. The lowest BCUT2D eigenvalue weighted by Gasteiger charge is -2.33. The maximum atomic E-state index is 10.5. The van der Waals surface area contributed by atoms with E-state index < -0.39 is 5.60 Å². The first-order valence-electron chi connectivity index (χ1n) is 5.99. The fourth-order valence-corrected chi connectivity index (χ4v) is 2.33. The standard InChI is InChI=1S/C14H20O2/c1-14(15,10-11-5-3-6-11)12-7-4-8-13(9-12)16-2/h4,7-9,11,15H,3,5-6,10H2,1-2H3. The van der Waals surface area contributed by atoms with Gasteiger partial charge in [0.25, 0.3) is 0 Å². The van der Waals surface area contributed by atoms with Crippen molar-refractivity contribution in [3.05, 3.63) is 29.8 Å². The monoisotopic (exact) mass is 220 g/mol. The lowest BCUT2D eigenvalue weighted by atomic mass is 9.76. The molecule has 0 heterocycles. The molecule has 0 radical (unpaired) electrons. The van der Waals surface area contributed by atoms with Crippen LogP contribution in [0.2, 0.25) is 0 Å². The molecule has 1 atom stereocenters. The zero-order valence-corrected chi connectivity index (χ0v) is 10.1. The molecule has 0 spiro atoms. The van der Waals surface area contributed by atoms with Gasteiger partial charge in [-0.3, -0.25) is 0 Å². The number of aliphatic hydroxyl groups is 1. The first-order valence-corrected chi connectivity index (χ1v) is 5.99. The molecule has 1 aromatic rings. The minimum Gasteiger partial charge on any atom is -0.497 e. The summed E-state index contributed by atoms with van der Waals surface area (Å²) in [5.41, 5.74) is 0.235. The lowest BCUT2D eigenvalue weighted by Crippen LogP contribution is -2.27. The van der Waals surface area contributed by atoms with Crippen LogP contribution in [0.25, 0.3) is 0 Å². The molecule has 0 aromatic heterocycles. The molecule has 0 bridgehead atoms. The highest BCUT2D eigenvalue weighted by atomic mass is 16.5. The van der Waals surface area contributed by atoms with Crippen LogP contribution in [0.4, 0.5) is 0 Å². The molecule has 2 rings (SSSR count). The van der Waals surface area contributed by atoms with Crippen LogP contribution in [0, 0.1) is 5.92 Å². The van der Waals surface area contributed by atoms with E-state index in [0.717, 1.165) is 17.7 Å². The second-order valence-electron chi connectivity index (χ2n) is 5.01. The summed E-state index contributed by atoms with van der Waals surface area (Å²) in [5, 5.41) is 10.5. The molecule has 0 amide bonds. The summed E-state index contributed by atoms with van der Waals surface area (Å²) in [4.78, 5) is 0. The van der Waals surface area contributed by atoms with Gasteiger partial charge >= 0.3 is 0 Å². The van der Waals surface area contributed by atoms with E-state index in [4.69, 9.17) is 4.74 Å². The fourth-order valence-electron chi connectivity index (χ4n) is 2.33. The van der Waals surface area contributed by atoms with Crippen LogP contribution in [0.5, 0.6) is 5.75 Å². The molecule has 1 aliphatic rings. The minimum atomic E-state index is -0.723. The van der Waals surface area contributed by atoms with Crippen LogP contribution in [-0.2, 0) is 5.60 Å². The smallest absolute Gasteiger partial charge is 0.119 e. The van der Waals surface area contributed by atoms with E-state index in [0.29, 0.717) is 5.92 Å². The topological polar surface area (TPSA) is 29.5 Å². The van der Waals surface area contributed by atoms with Gasteiger partial charge in [-0.1, -0.05) is 31.4 Å². The number of hydrogen-bond donors (Lipinski definition) is 1. The van der Waals surface area contributed by atoms with Crippen molar-refractivity contribution in [3.8, 4) is 5.75 Å². The first-order chi connectivity index (χ1) is 7.62. The van der Waals surface area contributed by atoms with E-state index in [-0.39, 0.29) is 0 Å². The van der Waals surface area contributed by atoms with Gasteiger partial charge in [0.2, 0.25) is 0 Å². The molecule has 1 unspecified atom stereocenters. The Morgan fingerprint density at radius 2 is 2.19 bits per heavy atom. The Morgan fingerprint density at radius 3 is 2.75 bits per heavy atom. The van der Waals surface area contributed by atoms with Gasteiger partial charge in [-0.2, -0.15) is 0 Å². The average Bonchev–Trinajstić information content (AvgIpc) is 2.24. The van der Waals surface area contributed by atoms with Crippen molar-refractivity contribution < 1.29 is 9.84 Å². The van der Waals surface area contributed by atoms with Gasteiger partial charge < -0.3 is 9.84 Å². The van der Waals surface area contributed by atoms with Gasteiger partial charge in [-0.15, -0.1) is 0 Å². The second kappa shape index (κ2) is 4.46. The van der Waals surface area contributed by atoms with E-state index >= 15 is 0 Å². The van der Waals surface area contributed by atoms with Gasteiger partial charge in [-0.25, -0.2) is 0 Å². The fraction of sp³-hybridized carbons (Fsp3) is 0.571. The van der Waals surface area contributed by atoms with Gasteiger partial charge in [0.1, 0.15) is 5.75 Å². The van der Waals surface area contributed by atoms with Crippen LogP contribution in [0.3, 0.4) is 0 Å². The molecular formula is C14H20O2. The minimum absolute atomic E-state index is 0.696. The van der Waals surface area contributed by atoms with Crippen molar-refractivity contribution >= 4 is 0 Å². The molecule has 0 aliphatic heterocycles. The van der Waals surface area contributed by atoms with Crippen molar-refractivity contribution in [1.82, 2.24) is 0 Å². The van der Waals surface area contributed by atoms with Crippen molar-refractivity contribution in [2.75, 3.05) is 7.11 Å². The van der Waals surface area contributed by atoms with E-state index in [9.17, 15) is 5.11 Å². The van der Waals surface area contributed by atoms with Gasteiger partial charge in [0.05, 0.1) is 12.7 Å². The number of hydrogen-bond acceptors (Lipinski definition) is 2. The van der Waals surface area contributed by atoms with E-state index in [1.54, 1.807) is 7.11 Å². The molecule has 2 heteroatoms. The van der Waals surface area contributed by atoms with Crippen molar-refractivity contribution in [3.63, 3.8) is 0 Å². The van der Waals surface area contributed by atoms with Crippen LogP contribution >= 0.6 is 0 Å². The summed E-state index contributed by atoms with van der Waals surface area (Å²) in [6.45, 7) is 1.90. The first kappa shape index (κ1) is 11.5. The third kappa shape index (κ3) is 2.38. The van der Waals surface area contributed by atoms with Crippen LogP contribution in [-0.4, -0.2) is 12.2 Å². The maximum absolute atomic E-state index is 10.5. The molecule has 1 aromatic carbocycles. The molecule has 2 nitrogen and oxygen atoms in total. The quantitative estimate of drug-likeness (QED) is 0.845. The predicted octanol–water partition coefficient (Wildman–Crippen LogP) is 3.09. The number of rotatable bonds is 4. The molecule has 16 heavy (non-hydrogen) atoms. The summed E-state index contributed by atoms with van der Waals surface area (Å²) in [6, 6.07) is 7.74. The number of benzene rings is 1. The zero-order valence-electron chi connectivity index (χ0n) is 10.1. The third-order valence-corrected chi connectivity index (χ3v) is 3.60. The Hall–Kier alpha value is -1.02. The molecule has 1 fully saturated rings. The van der Waals surface area contributed by atoms with Crippen LogP contribution < -0.4 is 4.74 Å². The Labute approximate surface area is 97.3 Å². The Balaban J connectivity index is 2.13. The highest BCUT2D eigenvalue weighted by Crippen LogP contribution is 2.38.